The first-order valence-electron chi connectivity index (χ1n) is 9.37. The molecule has 152 valence electrons. The van der Waals surface area contributed by atoms with Crippen molar-refractivity contribution >= 4 is 22.3 Å². The van der Waals surface area contributed by atoms with Gasteiger partial charge >= 0.3 is 6.36 Å². The first-order valence-corrected chi connectivity index (χ1v) is 9.37. The van der Waals surface area contributed by atoms with E-state index in [0.29, 0.717) is 0 Å². The topological polar surface area (TPSA) is 57.4 Å². The van der Waals surface area contributed by atoms with Crippen LogP contribution in [-0.4, -0.2) is 30.5 Å². The molecule has 5 nitrogen and oxygen atoms in total. The maximum atomic E-state index is 12.2. The molecule has 8 heteroatoms. The number of anilines is 2. The second kappa shape index (κ2) is 7.69. The molecule has 2 N–H and O–H groups in total. The Morgan fingerprint density at radius 1 is 1.00 bits per heavy atom. The van der Waals surface area contributed by atoms with Gasteiger partial charge in [-0.2, -0.15) is 0 Å². The van der Waals surface area contributed by atoms with Gasteiger partial charge in [0, 0.05) is 42.0 Å². The van der Waals surface area contributed by atoms with Crippen molar-refractivity contribution < 1.29 is 17.9 Å². The van der Waals surface area contributed by atoms with E-state index >= 15 is 0 Å². The highest BCUT2D eigenvalue weighted by Crippen LogP contribution is 2.29. The lowest BCUT2D eigenvalue weighted by Gasteiger charge is -2.35. The van der Waals surface area contributed by atoms with E-state index in [1.165, 1.54) is 18.2 Å². The number of alkyl halides is 3. The van der Waals surface area contributed by atoms with Crippen molar-refractivity contribution in [3.8, 4) is 5.75 Å². The molecule has 1 fully saturated rings. The summed E-state index contributed by atoms with van der Waals surface area (Å²) in [6.07, 6.45) is -2.91. The van der Waals surface area contributed by atoms with Gasteiger partial charge < -0.3 is 19.9 Å². The summed E-state index contributed by atoms with van der Waals surface area (Å²) in [4.78, 5) is 16.7. The van der Waals surface area contributed by atoms with E-state index in [2.05, 4.69) is 19.9 Å². The minimum Gasteiger partial charge on any atom is -0.406 e. The number of hydrogen-bond donors (Lipinski definition) is 2. The van der Waals surface area contributed by atoms with Crippen LogP contribution in [0.1, 0.15) is 12.8 Å². The first-order chi connectivity index (χ1) is 13.9. The third-order valence-electron chi connectivity index (χ3n) is 5.04. The van der Waals surface area contributed by atoms with Crippen molar-refractivity contribution in [1.29, 1.82) is 0 Å². The predicted octanol–water partition coefficient (Wildman–Crippen LogP) is 4.51. The van der Waals surface area contributed by atoms with Crippen LogP contribution in [0, 0.1) is 0 Å². The van der Waals surface area contributed by atoms with Crippen LogP contribution in [0.5, 0.6) is 5.75 Å². The lowest BCUT2D eigenvalue weighted by molar-refractivity contribution is -0.274. The number of H-pyrrole nitrogens is 1. The van der Waals surface area contributed by atoms with Crippen LogP contribution in [0.3, 0.4) is 0 Å². The van der Waals surface area contributed by atoms with Crippen LogP contribution in [0.25, 0.3) is 10.9 Å². The zero-order chi connectivity index (χ0) is 20.4. The maximum absolute atomic E-state index is 12.2. The van der Waals surface area contributed by atoms with Gasteiger partial charge in [0.1, 0.15) is 5.75 Å². The average Bonchev–Trinajstić information content (AvgIpc) is 2.68. The minimum absolute atomic E-state index is 0.121. The summed E-state index contributed by atoms with van der Waals surface area (Å²) >= 11 is 0. The number of aromatic nitrogens is 1. The summed E-state index contributed by atoms with van der Waals surface area (Å²) in [6.45, 7) is 1.68. The number of rotatable bonds is 4. The summed E-state index contributed by atoms with van der Waals surface area (Å²) in [7, 11) is 0. The minimum atomic E-state index is -4.68. The number of nitrogens with one attached hydrogen (secondary N) is 2. The van der Waals surface area contributed by atoms with Crippen LogP contribution in [-0.2, 0) is 0 Å². The highest BCUT2D eigenvalue weighted by molar-refractivity contribution is 5.91. The summed E-state index contributed by atoms with van der Waals surface area (Å²) in [5.41, 5.74) is 2.55. The standard InChI is InChI=1S/C21H20F3N3O2/c22-21(23,24)29-16-6-4-14(5-7-16)25-15-10-12-27(13-11-15)19-3-1-2-18-17(19)8-9-20(28)26-18/h1-9,15,25H,10-13H2,(H,26,28). The van der Waals surface area contributed by atoms with Gasteiger partial charge in [0.05, 0.1) is 5.52 Å². The molecule has 0 unspecified atom stereocenters. The molecular formula is C21H20F3N3O2. The Morgan fingerprint density at radius 3 is 2.41 bits per heavy atom. The molecule has 1 aliphatic heterocycles. The van der Waals surface area contributed by atoms with Crippen molar-refractivity contribution in [2.45, 2.75) is 25.2 Å². The molecule has 0 saturated carbocycles. The predicted molar refractivity (Wildman–Crippen MR) is 107 cm³/mol. The quantitative estimate of drug-likeness (QED) is 0.673. The van der Waals surface area contributed by atoms with Gasteiger partial charge in [0.25, 0.3) is 0 Å². The zero-order valence-corrected chi connectivity index (χ0v) is 15.5. The van der Waals surface area contributed by atoms with Gasteiger partial charge in [-0.3, -0.25) is 4.79 Å². The number of benzene rings is 2. The number of pyridine rings is 1. The third kappa shape index (κ3) is 4.64. The maximum Gasteiger partial charge on any atom is 0.573 e. The highest BCUT2D eigenvalue weighted by atomic mass is 19.4. The van der Waals surface area contributed by atoms with Crippen molar-refractivity contribution in [3.05, 3.63) is 65.0 Å². The van der Waals surface area contributed by atoms with E-state index in [1.54, 1.807) is 12.1 Å². The van der Waals surface area contributed by atoms with Gasteiger partial charge in [-0.05, 0) is 55.3 Å². The first kappa shape index (κ1) is 19.2. The fourth-order valence-corrected chi connectivity index (χ4v) is 3.70. The van der Waals surface area contributed by atoms with Crippen molar-refractivity contribution in [2.75, 3.05) is 23.3 Å². The second-order valence-electron chi connectivity index (χ2n) is 7.04. The number of fused-ring (bicyclic) bond motifs is 1. The second-order valence-corrected chi connectivity index (χ2v) is 7.04. The van der Waals surface area contributed by atoms with Crippen LogP contribution >= 0.6 is 0 Å². The Bertz CT molecular complexity index is 1040. The number of ether oxygens (including phenoxy) is 1. The van der Waals surface area contributed by atoms with Crippen molar-refractivity contribution in [3.63, 3.8) is 0 Å². The Kier molecular flexibility index (Phi) is 5.08. The van der Waals surface area contributed by atoms with E-state index in [4.69, 9.17) is 0 Å². The number of aromatic amines is 1. The molecule has 0 bridgehead atoms. The van der Waals surface area contributed by atoms with Crippen molar-refractivity contribution in [2.24, 2.45) is 0 Å². The van der Waals surface area contributed by atoms with E-state index in [1.807, 2.05) is 24.3 Å². The Hall–Kier alpha value is -3.16. The molecule has 0 aliphatic carbocycles. The largest absolute Gasteiger partial charge is 0.573 e. The molecule has 0 atom stereocenters. The molecule has 2 heterocycles. The van der Waals surface area contributed by atoms with Gasteiger partial charge in [-0.15, -0.1) is 13.2 Å². The van der Waals surface area contributed by atoms with Crippen LogP contribution in [0.15, 0.2) is 59.4 Å². The smallest absolute Gasteiger partial charge is 0.406 e. The monoisotopic (exact) mass is 403 g/mol. The van der Waals surface area contributed by atoms with Crippen LogP contribution < -0.4 is 20.5 Å². The van der Waals surface area contributed by atoms with Gasteiger partial charge in [-0.25, -0.2) is 0 Å². The summed E-state index contributed by atoms with van der Waals surface area (Å²) < 4.78 is 40.6. The zero-order valence-electron chi connectivity index (χ0n) is 15.5. The SMILES string of the molecule is O=c1ccc2c(N3CCC(Nc4ccc(OC(F)(F)F)cc4)CC3)cccc2[nH]1. The fraction of sp³-hybridized carbons (Fsp3) is 0.286. The molecular weight excluding hydrogens is 383 g/mol. The number of hydrogen-bond acceptors (Lipinski definition) is 4. The van der Waals surface area contributed by atoms with Crippen LogP contribution in [0.2, 0.25) is 0 Å². The molecule has 1 aliphatic rings. The van der Waals surface area contributed by atoms with Crippen molar-refractivity contribution in [1.82, 2.24) is 4.98 Å². The lowest BCUT2D eigenvalue weighted by Crippen LogP contribution is -2.39. The molecule has 29 heavy (non-hydrogen) atoms. The molecule has 0 amide bonds. The molecule has 1 saturated heterocycles. The third-order valence-corrected chi connectivity index (χ3v) is 5.04. The van der Waals surface area contributed by atoms with Gasteiger partial charge in [0.2, 0.25) is 5.56 Å². The number of nitrogens with zero attached hydrogens (tertiary/aromatic N) is 1. The molecule has 2 aromatic carbocycles. The van der Waals surface area contributed by atoms with Gasteiger partial charge in [0.15, 0.2) is 0 Å². The molecule has 1 aromatic heterocycles. The fourth-order valence-electron chi connectivity index (χ4n) is 3.70. The molecule has 3 aromatic rings. The molecule has 0 radical (unpaired) electrons. The van der Waals surface area contributed by atoms with E-state index in [9.17, 15) is 18.0 Å². The molecule has 0 spiro atoms. The number of halogens is 3. The van der Waals surface area contributed by atoms with E-state index in [-0.39, 0.29) is 17.4 Å². The Balaban J connectivity index is 1.38. The van der Waals surface area contributed by atoms with E-state index < -0.39 is 6.36 Å². The summed E-state index contributed by atoms with van der Waals surface area (Å²) in [6, 6.07) is 15.3. The van der Waals surface area contributed by atoms with Gasteiger partial charge in [-0.1, -0.05) is 6.07 Å². The van der Waals surface area contributed by atoms with E-state index in [0.717, 1.165) is 48.2 Å². The lowest BCUT2D eigenvalue weighted by atomic mass is 10.0. The molecule has 4 rings (SSSR count). The normalized spacial score (nSPS) is 15.5. The van der Waals surface area contributed by atoms with Crippen LogP contribution in [0.4, 0.5) is 24.5 Å². The average molecular weight is 403 g/mol. The highest BCUT2D eigenvalue weighted by Gasteiger charge is 2.31. The Morgan fingerprint density at radius 2 is 1.72 bits per heavy atom. The summed E-state index contributed by atoms with van der Waals surface area (Å²) in [5.74, 6) is -0.230. The number of piperidine rings is 1. The summed E-state index contributed by atoms with van der Waals surface area (Å²) in [5, 5.41) is 4.39. The Labute approximate surface area is 165 Å².